The Morgan fingerprint density at radius 3 is 2.47 bits per heavy atom. The lowest BCUT2D eigenvalue weighted by molar-refractivity contribution is -0.115. The highest BCUT2D eigenvalue weighted by Gasteiger charge is 2.18. The summed E-state index contributed by atoms with van der Waals surface area (Å²) in [7, 11) is 1.98. The van der Waals surface area contributed by atoms with Gasteiger partial charge in [-0.15, -0.1) is 11.8 Å². The molecule has 0 unspecified atom stereocenters. The quantitative estimate of drug-likeness (QED) is 0.388. The zero-order valence-electron chi connectivity index (χ0n) is 19.3. The highest BCUT2D eigenvalue weighted by atomic mass is 35.5. The predicted octanol–water partition coefficient (Wildman–Crippen LogP) is 3.51. The number of amides is 3. The zero-order valence-corrected chi connectivity index (χ0v) is 20.9. The van der Waals surface area contributed by atoms with E-state index in [1.165, 1.54) is 18.0 Å². The molecule has 0 saturated carbocycles. The van der Waals surface area contributed by atoms with E-state index < -0.39 is 11.8 Å². The minimum Gasteiger partial charge on any atom is -0.369 e. The number of carbonyl (C=O) groups excluding carboxylic acids is 3. The monoisotopic (exact) mass is 522 g/mol. The van der Waals surface area contributed by atoms with E-state index in [1.807, 2.05) is 19.2 Å². The zero-order chi connectivity index (χ0) is 25.7. The number of rotatable bonds is 8. The summed E-state index contributed by atoms with van der Waals surface area (Å²) in [5, 5.41) is 5.94. The molecular weight excluding hydrogens is 500 g/mol. The third kappa shape index (κ3) is 6.21. The van der Waals surface area contributed by atoms with Crippen molar-refractivity contribution < 1.29 is 14.4 Å². The highest BCUT2D eigenvalue weighted by Crippen LogP contribution is 2.26. The van der Waals surface area contributed by atoms with Gasteiger partial charge in [-0.05, 0) is 42.5 Å². The predicted molar refractivity (Wildman–Crippen MR) is 142 cm³/mol. The van der Waals surface area contributed by atoms with Crippen LogP contribution in [0.5, 0.6) is 0 Å². The third-order valence-electron chi connectivity index (χ3n) is 5.30. The van der Waals surface area contributed by atoms with Crippen LogP contribution < -0.4 is 16.4 Å². The van der Waals surface area contributed by atoms with Crippen LogP contribution in [0.4, 0.5) is 11.5 Å². The first-order valence-electron chi connectivity index (χ1n) is 11.0. The van der Waals surface area contributed by atoms with E-state index in [1.54, 1.807) is 42.5 Å². The Morgan fingerprint density at radius 2 is 1.83 bits per heavy atom. The minimum atomic E-state index is -0.487. The van der Waals surface area contributed by atoms with Gasteiger partial charge in [0, 0.05) is 35.8 Å². The van der Waals surface area contributed by atoms with Crippen molar-refractivity contribution in [3.63, 3.8) is 0 Å². The van der Waals surface area contributed by atoms with Crippen molar-refractivity contribution >= 4 is 58.4 Å². The molecular formula is C25H23ClN6O3S. The summed E-state index contributed by atoms with van der Waals surface area (Å²) in [5.41, 5.74) is 7.11. The van der Waals surface area contributed by atoms with Crippen LogP contribution in [-0.4, -0.2) is 59.3 Å². The fraction of sp³-hybridized carbons (Fsp3) is 0.160. The van der Waals surface area contributed by atoms with Gasteiger partial charge in [-0.1, -0.05) is 23.7 Å². The largest absolute Gasteiger partial charge is 0.369 e. The number of amidine groups is 1. The van der Waals surface area contributed by atoms with Gasteiger partial charge in [-0.3, -0.25) is 19.4 Å². The maximum absolute atomic E-state index is 13.1. The lowest BCUT2D eigenvalue weighted by Gasteiger charge is -2.15. The molecule has 1 aromatic heterocycles. The van der Waals surface area contributed by atoms with E-state index in [0.29, 0.717) is 27.0 Å². The lowest BCUT2D eigenvalue weighted by atomic mass is 10.1. The number of pyridine rings is 1. The van der Waals surface area contributed by atoms with Crippen molar-refractivity contribution in [3.05, 3.63) is 82.5 Å². The molecule has 1 aliphatic rings. The van der Waals surface area contributed by atoms with Crippen molar-refractivity contribution in [1.82, 2.24) is 9.88 Å². The molecule has 36 heavy (non-hydrogen) atoms. The molecule has 0 spiro atoms. The molecule has 0 atom stereocenters. The van der Waals surface area contributed by atoms with E-state index in [0.717, 1.165) is 24.5 Å². The van der Waals surface area contributed by atoms with Gasteiger partial charge in [0.15, 0.2) is 0 Å². The highest BCUT2D eigenvalue weighted by molar-refractivity contribution is 8.00. The van der Waals surface area contributed by atoms with Crippen LogP contribution in [-0.2, 0) is 4.79 Å². The molecule has 0 aliphatic carbocycles. The van der Waals surface area contributed by atoms with Gasteiger partial charge in [0.1, 0.15) is 11.7 Å². The van der Waals surface area contributed by atoms with Crippen LogP contribution in [0.15, 0.2) is 70.7 Å². The van der Waals surface area contributed by atoms with Crippen LogP contribution in [0.1, 0.15) is 26.3 Å². The number of benzene rings is 2. The first kappa shape index (κ1) is 25.2. The molecule has 2 heterocycles. The standard InChI is InChI=1S/C25H23ClN6O3S/c1-32-11-10-28-23(32)15-2-4-16(5-3-15)24(34)30-20-8-7-18(36-14-21(27)33)12-19(20)25(35)31-22-9-6-17(26)13-29-22/h2-9,12-13H,10-11,14H2,1H3,(H2,27,33)(H,30,34)(H,29,31,35). The molecule has 1 aliphatic heterocycles. The molecule has 9 nitrogen and oxygen atoms in total. The summed E-state index contributed by atoms with van der Waals surface area (Å²) in [4.78, 5) is 48.6. The number of nitrogens with zero attached hydrogens (tertiary/aromatic N) is 3. The van der Waals surface area contributed by atoms with E-state index in [4.69, 9.17) is 17.3 Å². The van der Waals surface area contributed by atoms with Crippen LogP contribution >= 0.6 is 23.4 Å². The molecule has 0 fully saturated rings. The van der Waals surface area contributed by atoms with Crippen LogP contribution in [0, 0.1) is 0 Å². The molecule has 3 aromatic rings. The first-order chi connectivity index (χ1) is 17.3. The van der Waals surface area contributed by atoms with Gasteiger partial charge in [0.05, 0.1) is 28.6 Å². The maximum atomic E-state index is 13.1. The summed E-state index contributed by atoms with van der Waals surface area (Å²) >= 11 is 7.06. The number of halogens is 1. The molecule has 11 heteroatoms. The maximum Gasteiger partial charge on any atom is 0.258 e. The topological polar surface area (TPSA) is 130 Å². The Hall–Kier alpha value is -3.89. The molecule has 0 radical (unpaired) electrons. The second-order valence-corrected chi connectivity index (χ2v) is 9.42. The van der Waals surface area contributed by atoms with Crippen molar-refractivity contribution in [2.24, 2.45) is 10.7 Å². The average molecular weight is 523 g/mol. The summed E-state index contributed by atoms with van der Waals surface area (Å²) < 4.78 is 0. The van der Waals surface area contributed by atoms with Gasteiger partial charge in [0.25, 0.3) is 11.8 Å². The Balaban J connectivity index is 1.56. The van der Waals surface area contributed by atoms with Crippen LogP contribution in [0.2, 0.25) is 5.02 Å². The number of likely N-dealkylation sites (N-methyl/N-ethyl adjacent to an activating group) is 1. The summed E-state index contributed by atoms with van der Waals surface area (Å²) in [5.74, 6) is -0.100. The SMILES string of the molecule is CN1CCN=C1c1ccc(C(=O)Nc2ccc(SCC(N)=O)cc2C(=O)Nc2ccc(Cl)cn2)cc1. The number of hydrogen-bond donors (Lipinski definition) is 3. The number of hydrogen-bond acceptors (Lipinski definition) is 7. The minimum absolute atomic E-state index is 0.0539. The lowest BCUT2D eigenvalue weighted by Crippen LogP contribution is -2.23. The molecule has 0 saturated heterocycles. The van der Waals surface area contributed by atoms with Crippen LogP contribution in [0.25, 0.3) is 0 Å². The molecule has 2 aromatic carbocycles. The van der Waals surface area contributed by atoms with E-state index in [-0.39, 0.29) is 17.2 Å². The fourth-order valence-corrected chi connectivity index (χ4v) is 4.29. The van der Waals surface area contributed by atoms with Gasteiger partial charge >= 0.3 is 0 Å². The number of thioether (sulfide) groups is 1. The van der Waals surface area contributed by atoms with Crippen molar-refractivity contribution in [2.75, 3.05) is 36.5 Å². The number of anilines is 2. The Bertz CT molecular complexity index is 1330. The van der Waals surface area contributed by atoms with E-state index in [2.05, 4.69) is 25.5 Å². The molecule has 4 N–H and O–H groups in total. The number of aromatic nitrogens is 1. The van der Waals surface area contributed by atoms with Gasteiger partial charge in [-0.25, -0.2) is 4.98 Å². The van der Waals surface area contributed by atoms with E-state index >= 15 is 0 Å². The number of primary amides is 1. The first-order valence-corrected chi connectivity index (χ1v) is 12.3. The van der Waals surface area contributed by atoms with Gasteiger partial charge in [0.2, 0.25) is 5.91 Å². The molecule has 184 valence electrons. The summed E-state index contributed by atoms with van der Waals surface area (Å²) in [6.07, 6.45) is 1.41. The Kier molecular flexibility index (Phi) is 7.87. The third-order valence-corrected chi connectivity index (χ3v) is 6.54. The summed E-state index contributed by atoms with van der Waals surface area (Å²) in [6.45, 7) is 1.61. The molecule has 4 rings (SSSR count). The van der Waals surface area contributed by atoms with Crippen molar-refractivity contribution in [3.8, 4) is 0 Å². The summed E-state index contributed by atoms with van der Waals surface area (Å²) in [6, 6.07) is 15.2. The molecule has 0 bridgehead atoms. The number of carbonyl (C=O) groups is 3. The average Bonchev–Trinajstić information content (AvgIpc) is 3.30. The van der Waals surface area contributed by atoms with Crippen molar-refractivity contribution in [1.29, 1.82) is 0 Å². The smallest absolute Gasteiger partial charge is 0.258 e. The van der Waals surface area contributed by atoms with Crippen molar-refractivity contribution in [2.45, 2.75) is 4.90 Å². The second-order valence-electron chi connectivity index (χ2n) is 7.94. The van der Waals surface area contributed by atoms with Gasteiger partial charge < -0.3 is 21.3 Å². The Labute approximate surface area is 217 Å². The molecule has 3 amide bonds. The normalized spacial score (nSPS) is 12.7. The number of nitrogens with one attached hydrogen (secondary N) is 2. The van der Waals surface area contributed by atoms with Gasteiger partial charge in [-0.2, -0.15) is 0 Å². The number of aliphatic imine (C=N–C) groups is 1. The second kappa shape index (κ2) is 11.2. The Morgan fingerprint density at radius 1 is 1.06 bits per heavy atom. The van der Waals surface area contributed by atoms with E-state index in [9.17, 15) is 14.4 Å². The fourth-order valence-electron chi connectivity index (χ4n) is 3.51. The van der Waals surface area contributed by atoms with Crippen LogP contribution in [0.3, 0.4) is 0 Å². The number of nitrogens with two attached hydrogens (primary N) is 1.